The smallest absolute Gasteiger partial charge is 0.267 e. The summed E-state index contributed by atoms with van der Waals surface area (Å²) < 4.78 is 0. The van der Waals surface area contributed by atoms with E-state index >= 15 is 0 Å². The van der Waals surface area contributed by atoms with Crippen LogP contribution in [0.15, 0.2) is 36.4 Å². The molecule has 0 spiro atoms. The van der Waals surface area contributed by atoms with Crippen LogP contribution in [0.3, 0.4) is 0 Å². The average Bonchev–Trinajstić information content (AvgIpc) is 3.23. The normalized spacial score (nSPS) is 26.3. The van der Waals surface area contributed by atoms with E-state index in [0.717, 1.165) is 17.7 Å². The molecule has 0 unspecified atom stereocenters. The lowest BCUT2D eigenvalue weighted by Crippen LogP contribution is -2.43. The van der Waals surface area contributed by atoms with E-state index in [1.807, 2.05) is 18.2 Å². The van der Waals surface area contributed by atoms with Gasteiger partial charge in [-0.05, 0) is 49.9 Å². The molecule has 4 heteroatoms. The van der Waals surface area contributed by atoms with E-state index in [-0.39, 0.29) is 11.9 Å². The van der Waals surface area contributed by atoms with Crippen LogP contribution in [0.2, 0.25) is 0 Å². The van der Waals surface area contributed by atoms with Crippen molar-refractivity contribution in [3.8, 4) is 11.3 Å². The number of hydrogen-bond donors (Lipinski definition) is 3. The summed E-state index contributed by atoms with van der Waals surface area (Å²) in [6.45, 7) is 2.07. The number of amides is 1. The van der Waals surface area contributed by atoms with Crippen LogP contribution in [0, 0.1) is 6.92 Å². The van der Waals surface area contributed by atoms with Crippen molar-refractivity contribution in [1.29, 1.82) is 0 Å². The van der Waals surface area contributed by atoms with Crippen LogP contribution in [-0.2, 0) is 0 Å². The maximum Gasteiger partial charge on any atom is 0.267 e. The zero-order chi connectivity index (χ0) is 15.1. The van der Waals surface area contributed by atoms with Crippen LogP contribution in [-0.4, -0.2) is 29.0 Å². The first-order chi connectivity index (χ1) is 10.7. The van der Waals surface area contributed by atoms with Crippen LogP contribution in [0.5, 0.6) is 0 Å². The van der Waals surface area contributed by atoms with Crippen LogP contribution < -0.4 is 10.6 Å². The maximum atomic E-state index is 12.4. The Kier molecular flexibility index (Phi) is 3.26. The predicted molar refractivity (Wildman–Crippen MR) is 86.8 cm³/mol. The first-order valence-electron chi connectivity index (χ1n) is 8.02. The second kappa shape index (κ2) is 5.29. The quantitative estimate of drug-likeness (QED) is 0.815. The number of benzene rings is 1. The topological polar surface area (TPSA) is 56.9 Å². The predicted octanol–water partition coefficient (Wildman–Crippen LogP) is 2.61. The van der Waals surface area contributed by atoms with E-state index in [1.165, 1.54) is 18.4 Å². The van der Waals surface area contributed by atoms with Gasteiger partial charge in [-0.25, -0.2) is 0 Å². The van der Waals surface area contributed by atoms with Gasteiger partial charge < -0.3 is 15.6 Å². The number of aromatic nitrogens is 1. The number of fused-ring (bicyclic) bond motifs is 2. The van der Waals surface area contributed by atoms with Crippen molar-refractivity contribution in [2.75, 3.05) is 0 Å². The summed E-state index contributed by atoms with van der Waals surface area (Å²) in [5, 5.41) is 6.72. The molecule has 3 atom stereocenters. The van der Waals surface area contributed by atoms with Crippen LogP contribution in [0.4, 0.5) is 0 Å². The van der Waals surface area contributed by atoms with Gasteiger partial charge in [-0.2, -0.15) is 0 Å². The Morgan fingerprint density at radius 1 is 1.23 bits per heavy atom. The minimum Gasteiger partial charge on any atom is -0.351 e. The van der Waals surface area contributed by atoms with Crippen molar-refractivity contribution >= 4 is 5.91 Å². The van der Waals surface area contributed by atoms with E-state index in [1.54, 1.807) is 0 Å². The number of nitrogens with one attached hydrogen (secondary N) is 3. The molecule has 0 saturated carbocycles. The van der Waals surface area contributed by atoms with Crippen LogP contribution in [0.1, 0.15) is 35.3 Å². The molecule has 3 N–H and O–H groups in total. The van der Waals surface area contributed by atoms with Gasteiger partial charge in [-0.3, -0.25) is 4.79 Å². The Hall–Kier alpha value is -2.07. The Balaban J connectivity index is 1.48. The van der Waals surface area contributed by atoms with Gasteiger partial charge in [0, 0.05) is 23.8 Å². The number of aromatic amines is 1. The lowest BCUT2D eigenvalue weighted by atomic mass is 9.95. The molecule has 2 aromatic rings. The largest absolute Gasteiger partial charge is 0.351 e. The minimum atomic E-state index is -0.00162. The maximum absolute atomic E-state index is 12.4. The second-order valence-electron chi connectivity index (χ2n) is 6.52. The monoisotopic (exact) mass is 295 g/mol. The summed E-state index contributed by atoms with van der Waals surface area (Å²) in [5.74, 6) is -0.00162. The fraction of sp³-hybridized carbons (Fsp3) is 0.389. The van der Waals surface area contributed by atoms with E-state index in [9.17, 15) is 4.79 Å². The summed E-state index contributed by atoms with van der Waals surface area (Å²) >= 11 is 0. The highest BCUT2D eigenvalue weighted by molar-refractivity contribution is 5.93. The lowest BCUT2D eigenvalue weighted by molar-refractivity contribution is 0.0926. The van der Waals surface area contributed by atoms with Gasteiger partial charge in [0.1, 0.15) is 5.69 Å². The van der Waals surface area contributed by atoms with Crippen molar-refractivity contribution in [2.45, 2.75) is 44.3 Å². The third kappa shape index (κ3) is 2.44. The number of carbonyl (C=O) groups excluding carboxylic acids is 1. The molecule has 2 aliphatic heterocycles. The molecule has 1 aromatic heterocycles. The molecule has 2 aliphatic rings. The van der Waals surface area contributed by atoms with Crippen molar-refractivity contribution in [3.63, 3.8) is 0 Å². The second-order valence-corrected chi connectivity index (χ2v) is 6.52. The fourth-order valence-corrected chi connectivity index (χ4v) is 3.74. The fourth-order valence-electron chi connectivity index (χ4n) is 3.74. The van der Waals surface area contributed by atoms with Gasteiger partial charge >= 0.3 is 0 Å². The van der Waals surface area contributed by atoms with Crippen molar-refractivity contribution in [2.24, 2.45) is 0 Å². The van der Waals surface area contributed by atoms with Crippen LogP contribution in [0.25, 0.3) is 11.3 Å². The first-order valence-corrected chi connectivity index (χ1v) is 8.02. The molecule has 2 fully saturated rings. The van der Waals surface area contributed by atoms with Gasteiger partial charge in [0.15, 0.2) is 0 Å². The van der Waals surface area contributed by atoms with Gasteiger partial charge in [-0.15, -0.1) is 0 Å². The number of carbonyl (C=O) groups is 1. The lowest BCUT2D eigenvalue weighted by Gasteiger charge is -2.21. The molecule has 114 valence electrons. The summed E-state index contributed by atoms with van der Waals surface area (Å²) in [6, 6.07) is 13.5. The zero-order valence-electron chi connectivity index (χ0n) is 12.7. The van der Waals surface area contributed by atoms with Gasteiger partial charge in [0.2, 0.25) is 0 Å². The number of hydrogen-bond acceptors (Lipinski definition) is 2. The molecule has 1 amide bonds. The summed E-state index contributed by atoms with van der Waals surface area (Å²) in [4.78, 5) is 15.7. The Labute approximate surface area is 130 Å². The van der Waals surface area contributed by atoms with E-state index in [2.05, 4.69) is 40.7 Å². The Morgan fingerprint density at radius 2 is 2.14 bits per heavy atom. The van der Waals surface area contributed by atoms with Gasteiger partial charge in [-0.1, -0.05) is 23.8 Å². The highest BCUT2D eigenvalue weighted by Gasteiger charge is 2.39. The summed E-state index contributed by atoms with van der Waals surface area (Å²) in [5.41, 5.74) is 3.95. The first kappa shape index (κ1) is 13.6. The molecular weight excluding hydrogens is 274 g/mol. The van der Waals surface area contributed by atoms with E-state index in [0.29, 0.717) is 17.8 Å². The molecular formula is C18H21N3O. The zero-order valence-corrected chi connectivity index (χ0v) is 12.7. The number of rotatable bonds is 3. The molecule has 1 aromatic carbocycles. The van der Waals surface area contributed by atoms with Crippen molar-refractivity contribution in [1.82, 2.24) is 15.6 Å². The number of aryl methyl sites for hydroxylation is 1. The molecule has 0 aliphatic carbocycles. The molecule has 4 rings (SSSR count). The van der Waals surface area contributed by atoms with Gasteiger partial charge in [0.25, 0.3) is 5.91 Å². The SMILES string of the molecule is Cc1cccc(-c2ccc(C(=O)N[C@@H]3C[C@H]4CC[C@@H]3N4)[nH]2)c1. The summed E-state index contributed by atoms with van der Waals surface area (Å²) in [6.07, 6.45) is 3.48. The average molecular weight is 295 g/mol. The van der Waals surface area contributed by atoms with Crippen molar-refractivity contribution in [3.05, 3.63) is 47.7 Å². The molecule has 4 nitrogen and oxygen atoms in total. The molecule has 2 saturated heterocycles. The molecule has 0 radical (unpaired) electrons. The standard InChI is InChI=1S/C18H21N3O/c1-11-3-2-4-12(9-11)14-7-8-16(20-14)18(22)21-17-10-13-5-6-15(17)19-13/h2-4,7-9,13,15,17,19-20H,5-6,10H2,1H3,(H,21,22)/t13-,15+,17-/m1/s1. The number of H-pyrrole nitrogens is 1. The van der Waals surface area contributed by atoms with Gasteiger partial charge in [0.05, 0.1) is 0 Å². The molecule has 3 heterocycles. The van der Waals surface area contributed by atoms with E-state index < -0.39 is 0 Å². The third-order valence-corrected chi connectivity index (χ3v) is 4.88. The van der Waals surface area contributed by atoms with Crippen molar-refractivity contribution < 1.29 is 4.79 Å². The highest BCUT2D eigenvalue weighted by Crippen LogP contribution is 2.28. The third-order valence-electron chi connectivity index (χ3n) is 4.88. The Bertz CT molecular complexity index is 706. The molecule has 22 heavy (non-hydrogen) atoms. The van der Waals surface area contributed by atoms with E-state index in [4.69, 9.17) is 0 Å². The Morgan fingerprint density at radius 3 is 2.86 bits per heavy atom. The summed E-state index contributed by atoms with van der Waals surface area (Å²) in [7, 11) is 0. The highest BCUT2D eigenvalue weighted by atomic mass is 16.2. The van der Waals surface area contributed by atoms with Crippen LogP contribution >= 0.6 is 0 Å². The molecule has 2 bridgehead atoms. The minimum absolute atomic E-state index is 0.00162.